The highest BCUT2D eigenvalue weighted by Crippen LogP contribution is 2.28. The van der Waals surface area contributed by atoms with Crippen LogP contribution in [-0.2, 0) is 6.54 Å². The van der Waals surface area contributed by atoms with E-state index in [1.807, 2.05) is 19.1 Å². The summed E-state index contributed by atoms with van der Waals surface area (Å²) in [6.45, 7) is 3.74. The molecular weight excluding hydrogens is 258 g/mol. The quantitative estimate of drug-likeness (QED) is 0.774. The van der Waals surface area contributed by atoms with Gasteiger partial charge < -0.3 is 10.5 Å². The summed E-state index contributed by atoms with van der Waals surface area (Å²) in [6, 6.07) is 4.62. The normalized spacial score (nSPS) is 14.7. The zero-order valence-corrected chi connectivity index (χ0v) is 12.4. The summed E-state index contributed by atoms with van der Waals surface area (Å²) in [5, 5.41) is 0. The van der Waals surface area contributed by atoms with Gasteiger partial charge in [-0.1, -0.05) is 12.2 Å². The van der Waals surface area contributed by atoms with E-state index in [0.717, 1.165) is 36.6 Å². The molecule has 0 saturated heterocycles. The van der Waals surface area contributed by atoms with Crippen molar-refractivity contribution >= 4 is 17.2 Å². The molecule has 1 aromatic rings. The van der Waals surface area contributed by atoms with Crippen LogP contribution in [0.2, 0.25) is 0 Å². The van der Waals surface area contributed by atoms with Gasteiger partial charge in [-0.3, -0.25) is 9.88 Å². The fourth-order valence-electron chi connectivity index (χ4n) is 2.19. The minimum Gasteiger partial charge on any atom is -0.497 e. The molecule has 1 aliphatic rings. The Morgan fingerprint density at radius 2 is 2.26 bits per heavy atom. The molecule has 1 heterocycles. The number of nitrogens with zero attached hydrogens (tertiary/aromatic N) is 2. The molecule has 0 atom stereocenters. The van der Waals surface area contributed by atoms with E-state index in [-0.39, 0.29) is 0 Å². The first kappa shape index (κ1) is 14.2. The third-order valence-electron chi connectivity index (χ3n) is 3.29. The predicted molar refractivity (Wildman–Crippen MR) is 80.4 cm³/mol. The van der Waals surface area contributed by atoms with Gasteiger partial charge in [-0.05, 0) is 19.8 Å². The van der Waals surface area contributed by atoms with Gasteiger partial charge in [0.15, 0.2) is 0 Å². The van der Waals surface area contributed by atoms with E-state index >= 15 is 0 Å². The Balaban J connectivity index is 2.03. The zero-order valence-electron chi connectivity index (χ0n) is 11.6. The van der Waals surface area contributed by atoms with Crippen molar-refractivity contribution in [1.82, 2.24) is 9.88 Å². The second kappa shape index (κ2) is 6.30. The molecule has 0 bridgehead atoms. The van der Waals surface area contributed by atoms with Gasteiger partial charge in [-0.2, -0.15) is 0 Å². The van der Waals surface area contributed by atoms with Crippen LogP contribution >= 0.6 is 12.2 Å². The van der Waals surface area contributed by atoms with Crippen LogP contribution in [0.5, 0.6) is 5.75 Å². The second-order valence-corrected chi connectivity index (χ2v) is 5.58. The molecule has 4 nitrogen and oxygen atoms in total. The van der Waals surface area contributed by atoms with Gasteiger partial charge in [-0.15, -0.1) is 0 Å². The molecule has 1 aromatic heterocycles. The summed E-state index contributed by atoms with van der Waals surface area (Å²) in [5.74, 6) is 0.868. The molecule has 2 N–H and O–H groups in total. The van der Waals surface area contributed by atoms with Crippen molar-refractivity contribution in [1.29, 1.82) is 0 Å². The standard InChI is InChI=1S/C14H21N3OS/c1-10-7-13(18-2)8-11(16-10)9-17(12-3-4-12)6-5-14(15)19/h7-8,12H,3-6,9H2,1-2H3,(H2,15,19). The Kier molecular flexibility index (Phi) is 4.71. The lowest BCUT2D eigenvalue weighted by molar-refractivity contribution is 0.259. The number of methoxy groups -OCH3 is 1. The maximum Gasteiger partial charge on any atom is 0.122 e. The number of hydrogen-bond donors (Lipinski definition) is 1. The van der Waals surface area contributed by atoms with Crippen LogP contribution in [0.3, 0.4) is 0 Å². The minimum absolute atomic E-state index is 0.584. The van der Waals surface area contributed by atoms with Crippen LogP contribution in [0.1, 0.15) is 30.7 Å². The summed E-state index contributed by atoms with van der Waals surface area (Å²) in [4.78, 5) is 7.57. The number of pyridine rings is 1. The monoisotopic (exact) mass is 279 g/mol. The molecule has 0 amide bonds. The number of nitrogens with two attached hydrogens (primary N) is 1. The highest BCUT2D eigenvalue weighted by atomic mass is 32.1. The first-order valence-corrected chi connectivity index (χ1v) is 7.03. The van der Waals surface area contributed by atoms with E-state index in [0.29, 0.717) is 11.0 Å². The lowest BCUT2D eigenvalue weighted by atomic mass is 10.2. The number of aryl methyl sites for hydroxylation is 1. The molecule has 2 rings (SSSR count). The van der Waals surface area contributed by atoms with E-state index in [2.05, 4.69) is 9.88 Å². The Hall–Kier alpha value is -1.20. The highest BCUT2D eigenvalue weighted by molar-refractivity contribution is 7.80. The van der Waals surface area contributed by atoms with Crippen molar-refractivity contribution in [3.63, 3.8) is 0 Å². The molecule has 0 aromatic carbocycles. The first-order valence-electron chi connectivity index (χ1n) is 6.62. The average Bonchev–Trinajstić information content (AvgIpc) is 3.17. The summed E-state index contributed by atoms with van der Waals surface area (Å²) < 4.78 is 5.29. The van der Waals surface area contributed by atoms with E-state index in [4.69, 9.17) is 22.7 Å². The van der Waals surface area contributed by atoms with Crippen molar-refractivity contribution in [2.45, 2.75) is 38.8 Å². The average molecular weight is 279 g/mol. The maximum atomic E-state index is 5.59. The van der Waals surface area contributed by atoms with Gasteiger partial charge in [0.2, 0.25) is 0 Å². The van der Waals surface area contributed by atoms with E-state index in [1.165, 1.54) is 12.8 Å². The molecule has 19 heavy (non-hydrogen) atoms. The molecule has 0 aliphatic heterocycles. The number of aromatic nitrogens is 1. The van der Waals surface area contributed by atoms with Crippen LogP contribution in [0.15, 0.2) is 12.1 Å². The zero-order chi connectivity index (χ0) is 13.8. The molecule has 0 radical (unpaired) electrons. The third-order valence-corrected chi connectivity index (χ3v) is 3.49. The summed E-state index contributed by atoms with van der Waals surface area (Å²) in [5.41, 5.74) is 7.63. The molecule has 1 aliphatic carbocycles. The van der Waals surface area contributed by atoms with Crippen molar-refractivity contribution < 1.29 is 4.74 Å². The second-order valence-electron chi connectivity index (χ2n) is 5.06. The Morgan fingerprint density at radius 3 is 2.84 bits per heavy atom. The van der Waals surface area contributed by atoms with Crippen molar-refractivity contribution in [3.05, 3.63) is 23.5 Å². The molecule has 1 fully saturated rings. The molecule has 104 valence electrons. The van der Waals surface area contributed by atoms with Gasteiger partial charge in [0, 0.05) is 43.4 Å². The molecule has 0 unspecified atom stereocenters. The summed E-state index contributed by atoms with van der Waals surface area (Å²) >= 11 is 4.96. The van der Waals surface area contributed by atoms with Crippen LogP contribution in [0.4, 0.5) is 0 Å². The fraction of sp³-hybridized carbons (Fsp3) is 0.571. The maximum absolute atomic E-state index is 5.59. The molecule has 5 heteroatoms. The topological polar surface area (TPSA) is 51.4 Å². The smallest absolute Gasteiger partial charge is 0.122 e. The number of ether oxygens (including phenoxy) is 1. The minimum atomic E-state index is 0.584. The number of thiocarbonyl (C=S) groups is 1. The fourth-order valence-corrected chi connectivity index (χ4v) is 2.29. The van der Waals surface area contributed by atoms with Crippen LogP contribution in [0.25, 0.3) is 0 Å². The Bertz CT molecular complexity index is 460. The summed E-state index contributed by atoms with van der Waals surface area (Å²) in [7, 11) is 1.68. The lowest BCUT2D eigenvalue weighted by Gasteiger charge is -2.21. The van der Waals surface area contributed by atoms with Crippen LogP contribution < -0.4 is 10.5 Å². The van der Waals surface area contributed by atoms with Gasteiger partial charge in [0.05, 0.1) is 17.8 Å². The molecular formula is C14H21N3OS. The van der Waals surface area contributed by atoms with Gasteiger partial charge in [0.25, 0.3) is 0 Å². The SMILES string of the molecule is COc1cc(C)nc(CN(CCC(N)=S)C2CC2)c1. The van der Waals surface area contributed by atoms with E-state index in [9.17, 15) is 0 Å². The van der Waals surface area contributed by atoms with Gasteiger partial charge >= 0.3 is 0 Å². The number of hydrogen-bond acceptors (Lipinski definition) is 4. The van der Waals surface area contributed by atoms with Gasteiger partial charge in [-0.25, -0.2) is 0 Å². The first-order chi connectivity index (χ1) is 9.08. The van der Waals surface area contributed by atoms with Crippen molar-refractivity contribution in [2.75, 3.05) is 13.7 Å². The Labute approximate surface area is 120 Å². The van der Waals surface area contributed by atoms with Crippen LogP contribution in [0, 0.1) is 6.92 Å². The van der Waals surface area contributed by atoms with E-state index < -0.39 is 0 Å². The Morgan fingerprint density at radius 1 is 1.53 bits per heavy atom. The molecule has 1 saturated carbocycles. The summed E-state index contributed by atoms with van der Waals surface area (Å²) in [6.07, 6.45) is 3.30. The highest BCUT2D eigenvalue weighted by Gasteiger charge is 2.29. The van der Waals surface area contributed by atoms with Gasteiger partial charge in [0.1, 0.15) is 5.75 Å². The third kappa shape index (κ3) is 4.44. The predicted octanol–water partition coefficient (Wildman–Crippen LogP) is 2.04. The van der Waals surface area contributed by atoms with Crippen molar-refractivity contribution in [3.8, 4) is 5.75 Å². The lowest BCUT2D eigenvalue weighted by Crippen LogP contribution is -2.29. The largest absolute Gasteiger partial charge is 0.497 e. The number of rotatable bonds is 7. The van der Waals surface area contributed by atoms with E-state index in [1.54, 1.807) is 7.11 Å². The van der Waals surface area contributed by atoms with Crippen molar-refractivity contribution in [2.24, 2.45) is 5.73 Å². The molecule has 0 spiro atoms. The van der Waals surface area contributed by atoms with Crippen LogP contribution in [-0.4, -0.2) is 34.6 Å².